The van der Waals surface area contributed by atoms with Crippen LogP contribution in [0.1, 0.15) is 52.3 Å². The van der Waals surface area contributed by atoms with E-state index in [9.17, 15) is 14.4 Å². The Bertz CT molecular complexity index is 1010. The number of hydrogen-bond acceptors (Lipinski definition) is 6. The highest BCUT2D eigenvalue weighted by atomic mass is 32.1. The van der Waals surface area contributed by atoms with Gasteiger partial charge in [0.15, 0.2) is 5.01 Å². The zero-order valence-electron chi connectivity index (χ0n) is 19.3. The predicted molar refractivity (Wildman–Crippen MR) is 131 cm³/mol. The number of benzene rings is 1. The van der Waals surface area contributed by atoms with Gasteiger partial charge in [-0.15, -0.1) is 11.3 Å². The van der Waals surface area contributed by atoms with E-state index in [0.29, 0.717) is 42.8 Å². The van der Waals surface area contributed by atoms with Crippen molar-refractivity contribution in [1.29, 1.82) is 0 Å². The number of nitrogens with one attached hydrogen (secondary N) is 1. The summed E-state index contributed by atoms with van der Waals surface area (Å²) in [6.07, 6.45) is 7.08. The number of amides is 3. The number of rotatable bonds is 5. The van der Waals surface area contributed by atoms with Crippen LogP contribution in [-0.2, 0) is 4.79 Å². The van der Waals surface area contributed by atoms with Gasteiger partial charge in [-0.3, -0.25) is 19.3 Å². The van der Waals surface area contributed by atoms with Gasteiger partial charge in [-0.25, -0.2) is 4.98 Å². The number of hydrogen-bond donors (Lipinski definition) is 1. The summed E-state index contributed by atoms with van der Waals surface area (Å²) < 4.78 is 0. The number of thiazole rings is 1. The molecule has 1 saturated carbocycles. The Morgan fingerprint density at radius 3 is 2.24 bits per heavy atom. The summed E-state index contributed by atoms with van der Waals surface area (Å²) in [5.74, 6) is 0.246. The van der Waals surface area contributed by atoms with E-state index in [1.165, 1.54) is 17.8 Å². The molecule has 3 amide bonds. The molecule has 2 aliphatic heterocycles. The number of aromatic nitrogens is 1. The summed E-state index contributed by atoms with van der Waals surface area (Å²) in [7, 11) is 0. The van der Waals surface area contributed by atoms with Crippen molar-refractivity contribution >= 4 is 34.7 Å². The number of likely N-dealkylation sites (tertiary alicyclic amines) is 1. The van der Waals surface area contributed by atoms with Crippen molar-refractivity contribution in [1.82, 2.24) is 19.7 Å². The van der Waals surface area contributed by atoms with Crippen LogP contribution in [-0.4, -0.2) is 82.7 Å². The number of nitrogens with zero attached hydrogens (tertiary/aromatic N) is 4. The van der Waals surface area contributed by atoms with Crippen molar-refractivity contribution in [3.8, 4) is 0 Å². The second kappa shape index (κ2) is 10.2. The van der Waals surface area contributed by atoms with Crippen LogP contribution in [0.3, 0.4) is 0 Å². The van der Waals surface area contributed by atoms with Crippen molar-refractivity contribution < 1.29 is 14.4 Å². The minimum Gasteiger partial charge on any atom is -0.335 e. The smallest absolute Gasteiger partial charge is 0.282 e. The van der Waals surface area contributed by atoms with E-state index < -0.39 is 0 Å². The van der Waals surface area contributed by atoms with Crippen LogP contribution in [0.25, 0.3) is 0 Å². The fourth-order valence-electron chi connectivity index (χ4n) is 5.09. The summed E-state index contributed by atoms with van der Waals surface area (Å²) in [6, 6.07) is 7.59. The standard InChI is InChI=1S/C25H31N5O3S/c31-22(18-4-2-1-3-5-18)27-20-8-6-19(7-9-20)24(32)30-16-21(17-30)28-11-13-29(14-12-28)25(33)23-26-10-15-34-23/h6-10,15,18,21H,1-5,11-14,16-17H2,(H,27,31). The van der Waals surface area contributed by atoms with Crippen molar-refractivity contribution in [2.24, 2.45) is 5.92 Å². The molecule has 1 N–H and O–H groups in total. The highest BCUT2D eigenvalue weighted by Gasteiger charge is 2.37. The second-order valence-electron chi connectivity index (χ2n) is 9.43. The zero-order valence-corrected chi connectivity index (χ0v) is 20.1. The molecule has 0 unspecified atom stereocenters. The van der Waals surface area contributed by atoms with E-state index in [-0.39, 0.29) is 23.6 Å². The Morgan fingerprint density at radius 1 is 0.882 bits per heavy atom. The van der Waals surface area contributed by atoms with Gasteiger partial charge in [0.05, 0.1) is 0 Å². The monoisotopic (exact) mass is 481 g/mol. The van der Waals surface area contributed by atoms with Crippen LogP contribution in [0.5, 0.6) is 0 Å². The SMILES string of the molecule is O=C(Nc1ccc(C(=O)N2CC(N3CCN(C(=O)c4nccs4)CC3)C2)cc1)C1CCCCC1. The van der Waals surface area contributed by atoms with Crippen molar-refractivity contribution in [2.45, 2.75) is 38.1 Å². The maximum absolute atomic E-state index is 12.9. The van der Waals surface area contributed by atoms with Gasteiger partial charge in [0.2, 0.25) is 5.91 Å². The third kappa shape index (κ3) is 5.00. The molecular formula is C25H31N5O3S. The molecule has 3 fully saturated rings. The molecule has 0 radical (unpaired) electrons. The molecule has 2 saturated heterocycles. The molecule has 3 heterocycles. The number of anilines is 1. The maximum Gasteiger partial charge on any atom is 0.282 e. The molecule has 0 spiro atoms. The average Bonchev–Trinajstić information content (AvgIpc) is 3.39. The van der Waals surface area contributed by atoms with Gasteiger partial charge in [0.25, 0.3) is 11.8 Å². The first-order chi connectivity index (χ1) is 16.6. The molecule has 2 aromatic rings. The Labute approximate surface area is 203 Å². The molecule has 5 rings (SSSR count). The number of carbonyl (C=O) groups excluding carboxylic acids is 3. The second-order valence-corrected chi connectivity index (χ2v) is 10.3. The van der Waals surface area contributed by atoms with E-state index in [0.717, 1.165) is 44.5 Å². The summed E-state index contributed by atoms with van der Waals surface area (Å²) in [6.45, 7) is 4.44. The van der Waals surface area contributed by atoms with Crippen LogP contribution in [0, 0.1) is 5.92 Å². The first-order valence-electron chi connectivity index (χ1n) is 12.2. The Morgan fingerprint density at radius 2 is 1.59 bits per heavy atom. The minimum atomic E-state index is 0.0124. The van der Waals surface area contributed by atoms with E-state index in [4.69, 9.17) is 0 Å². The van der Waals surface area contributed by atoms with Crippen molar-refractivity contribution in [3.05, 3.63) is 46.4 Å². The highest BCUT2D eigenvalue weighted by molar-refractivity contribution is 7.11. The van der Waals surface area contributed by atoms with E-state index >= 15 is 0 Å². The fraction of sp³-hybridized carbons (Fsp3) is 0.520. The first-order valence-corrected chi connectivity index (χ1v) is 13.1. The molecule has 9 heteroatoms. The molecule has 1 aliphatic carbocycles. The lowest BCUT2D eigenvalue weighted by Gasteiger charge is -2.48. The van der Waals surface area contributed by atoms with Gasteiger partial charge in [-0.05, 0) is 37.1 Å². The van der Waals surface area contributed by atoms with E-state index in [1.807, 2.05) is 27.3 Å². The molecule has 0 atom stereocenters. The first kappa shape index (κ1) is 23.0. The van der Waals surface area contributed by atoms with Crippen molar-refractivity contribution in [2.75, 3.05) is 44.6 Å². The molecule has 0 bridgehead atoms. The van der Waals surface area contributed by atoms with Gasteiger partial charge in [-0.2, -0.15) is 0 Å². The van der Waals surface area contributed by atoms with Crippen molar-refractivity contribution in [3.63, 3.8) is 0 Å². The molecule has 3 aliphatic rings. The Hall–Kier alpha value is -2.78. The lowest BCUT2D eigenvalue weighted by Crippen LogP contribution is -2.64. The predicted octanol–water partition coefficient (Wildman–Crippen LogP) is 2.94. The molecule has 180 valence electrons. The quantitative estimate of drug-likeness (QED) is 0.710. The molecular weight excluding hydrogens is 450 g/mol. The lowest BCUT2D eigenvalue weighted by molar-refractivity contribution is -0.120. The highest BCUT2D eigenvalue weighted by Crippen LogP contribution is 2.25. The summed E-state index contributed by atoms with van der Waals surface area (Å²) >= 11 is 1.38. The third-order valence-electron chi connectivity index (χ3n) is 7.26. The Kier molecular flexibility index (Phi) is 6.92. The van der Waals surface area contributed by atoms with Crippen LogP contribution >= 0.6 is 11.3 Å². The average molecular weight is 482 g/mol. The van der Waals surface area contributed by atoms with Crippen LogP contribution in [0.2, 0.25) is 0 Å². The minimum absolute atomic E-state index is 0.0124. The third-order valence-corrected chi connectivity index (χ3v) is 8.02. The zero-order chi connectivity index (χ0) is 23.5. The Balaban J connectivity index is 1.07. The van der Waals surface area contributed by atoms with Gasteiger partial charge >= 0.3 is 0 Å². The van der Waals surface area contributed by atoms with E-state index in [1.54, 1.807) is 18.3 Å². The van der Waals surface area contributed by atoms with Gasteiger partial charge in [0, 0.05) is 74.1 Å². The number of carbonyl (C=O) groups is 3. The summed E-state index contributed by atoms with van der Waals surface area (Å²) in [5, 5.41) is 5.38. The summed E-state index contributed by atoms with van der Waals surface area (Å²) in [5.41, 5.74) is 1.40. The van der Waals surface area contributed by atoms with Gasteiger partial charge in [0.1, 0.15) is 0 Å². The molecule has 34 heavy (non-hydrogen) atoms. The van der Waals surface area contributed by atoms with Crippen LogP contribution in [0.4, 0.5) is 5.69 Å². The van der Waals surface area contributed by atoms with Crippen LogP contribution < -0.4 is 5.32 Å². The van der Waals surface area contributed by atoms with Gasteiger partial charge in [-0.1, -0.05) is 19.3 Å². The molecule has 1 aromatic heterocycles. The fourth-order valence-corrected chi connectivity index (χ4v) is 5.70. The molecule has 1 aromatic carbocycles. The largest absolute Gasteiger partial charge is 0.335 e. The maximum atomic E-state index is 12.9. The van der Waals surface area contributed by atoms with E-state index in [2.05, 4.69) is 15.2 Å². The molecule has 8 nitrogen and oxygen atoms in total. The van der Waals surface area contributed by atoms with Gasteiger partial charge < -0.3 is 15.1 Å². The topological polar surface area (TPSA) is 85.9 Å². The normalized spacial score (nSPS) is 20.1. The number of piperazine rings is 1. The van der Waals surface area contributed by atoms with Crippen LogP contribution in [0.15, 0.2) is 35.8 Å². The lowest BCUT2D eigenvalue weighted by atomic mass is 9.88. The summed E-state index contributed by atoms with van der Waals surface area (Å²) in [4.78, 5) is 48.0.